The standard InChI is InChI=1S/C7H15NO3S2.Na.H/c9-13(10,11)8-7-4-2-1-3-5-12-6-7;;/h7-8H,1-6H2,(H,9,10,11);;. The summed E-state index contributed by atoms with van der Waals surface area (Å²) in [5, 5.41) is 0. The Morgan fingerprint density at radius 2 is 2.00 bits per heavy atom. The fourth-order valence-electron chi connectivity index (χ4n) is 1.38. The van der Waals surface area contributed by atoms with Crippen molar-refractivity contribution in [1.29, 1.82) is 0 Å². The summed E-state index contributed by atoms with van der Waals surface area (Å²) in [6.07, 6.45) is 4.22. The van der Waals surface area contributed by atoms with Crippen LogP contribution in [0.5, 0.6) is 0 Å². The molecule has 7 heteroatoms. The van der Waals surface area contributed by atoms with Gasteiger partial charge < -0.3 is 0 Å². The van der Waals surface area contributed by atoms with E-state index in [1.54, 1.807) is 11.8 Å². The van der Waals surface area contributed by atoms with Gasteiger partial charge in [-0.3, -0.25) is 4.55 Å². The predicted octanol–water partition coefficient (Wildman–Crippen LogP) is 0.406. The van der Waals surface area contributed by atoms with Gasteiger partial charge in [0, 0.05) is 11.8 Å². The summed E-state index contributed by atoms with van der Waals surface area (Å²) in [5.41, 5.74) is 0. The molecule has 14 heavy (non-hydrogen) atoms. The third kappa shape index (κ3) is 7.50. The van der Waals surface area contributed by atoms with Gasteiger partial charge >= 0.3 is 39.9 Å². The van der Waals surface area contributed by atoms with Crippen LogP contribution in [0.25, 0.3) is 0 Å². The van der Waals surface area contributed by atoms with Crippen molar-refractivity contribution in [1.82, 2.24) is 4.72 Å². The van der Waals surface area contributed by atoms with Crippen molar-refractivity contribution >= 4 is 51.6 Å². The predicted molar refractivity (Wildman–Crippen MR) is 61.4 cm³/mol. The van der Waals surface area contributed by atoms with Crippen molar-refractivity contribution in [3.63, 3.8) is 0 Å². The van der Waals surface area contributed by atoms with Crippen LogP contribution in [0.2, 0.25) is 0 Å². The SMILES string of the molecule is O=S(=O)(O)NC1CCCCCSC1.[NaH]. The Kier molecular flexibility index (Phi) is 8.14. The molecule has 0 aliphatic carbocycles. The van der Waals surface area contributed by atoms with E-state index < -0.39 is 10.3 Å². The summed E-state index contributed by atoms with van der Waals surface area (Å²) in [6, 6.07) is -0.0969. The molecule has 1 atom stereocenters. The number of hydrogen-bond acceptors (Lipinski definition) is 3. The minimum absolute atomic E-state index is 0. The molecule has 1 heterocycles. The summed E-state index contributed by atoms with van der Waals surface area (Å²) >= 11 is 1.74. The topological polar surface area (TPSA) is 66.4 Å². The van der Waals surface area contributed by atoms with Gasteiger partial charge in [0.25, 0.3) is 0 Å². The summed E-state index contributed by atoms with van der Waals surface area (Å²) in [5.74, 6) is 1.85. The van der Waals surface area contributed by atoms with Crippen LogP contribution in [-0.2, 0) is 10.3 Å². The van der Waals surface area contributed by atoms with Crippen LogP contribution in [-0.4, -0.2) is 60.1 Å². The molecule has 80 valence electrons. The molecule has 1 rings (SSSR count). The van der Waals surface area contributed by atoms with Crippen LogP contribution in [0.3, 0.4) is 0 Å². The first kappa shape index (κ1) is 15.2. The monoisotopic (exact) mass is 249 g/mol. The average Bonchev–Trinajstić information content (AvgIpc) is 1.92. The molecular formula is C7H16NNaO3S2. The second-order valence-corrected chi connectivity index (χ2v) is 5.55. The van der Waals surface area contributed by atoms with Gasteiger partial charge in [-0.15, -0.1) is 0 Å². The van der Waals surface area contributed by atoms with E-state index in [9.17, 15) is 8.42 Å². The molecule has 1 unspecified atom stereocenters. The van der Waals surface area contributed by atoms with Gasteiger partial charge in [0.15, 0.2) is 0 Å². The molecule has 2 N–H and O–H groups in total. The van der Waals surface area contributed by atoms with E-state index in [0.29, 0.717) is 0 Å². The maximum absolute atomic E-state index is 10.5. The minimum atomic E-state index is -4.02. The van der Waals surface area contributed by atoms with Gasteiger partial charge in [-0.2, -0.15) is 24.9 Å². The zero-order chi connectivity index (χ0) is 9.73. The second kappa shape index (κ2) is 7.49. The quantitative estimate of drug-likeness (QED) is 0.549. The summed E-state index contributed by atoms with van der Waals surface area (Å²) in [4.78, 5) is 0. The fraction of sp³-hybridized carbons (Fsp3) is 1.00. The van der Waals surface area contributed by atoms with Crippen molar-refractivity contribution in [2.75, 3.05) is 11.5 Å². The molecule has 0 amide bonds. The summed E-state index contributed by atoms with van der Waals surface area (Å²) < 4.78 is 31.9. The Labute approximate surface area is 112 Å². The van der Waals surface area contributed by atoms with E-state index in [2.05, 4.69) is 4.72 Å². The molecule has 0 aromatic rings. The molecule has 1 fully saturated rings. The third-order valence-corrected chi connectivity index (χ3v) is 3.82. The molecule has 0 bridgehead atoms. The molecule has 0 saturated carbocycles. The molecule has 0 aromatic carbocycles. The van der Waals surface area contributed by atoms with E-state index in [4.69, 9.17) is 4.55 Å². The Morgan fingerprint density at radius 3 is 2.64 bits per heavy atom. The molecule has 0 aromatic heterocycles. The Balaban J connectivity index is 0.00000169. The van der Waals surface area contributed by atoms with Gasteiger partial charge in [0.2, 0.25) is 0 Å². The average molecular weight is 249 g/mol. The van der Waals surface area contributed by atoms with E-state index in [0.717, 1.165) is 30.8 Å². The molecular weight excluding hydrogens is 233 g/mol. The first-order valence-corrected chi connectivity index (χ1v) is 7.00. The van der Waals surface area contributed by atoms with Crippen molar-refractivity contribution in [3.05, 3.63) is 0 Å². The van der Waals surface area contributed by atoms with Crippen LogP contribution in [0, 0.1) is 0 Å². The van der Waals surface area contributed by atoms with E-state index in [1.165, 1.54) is 6.42 Å². The molecule has 4 nitrogen and oxygen atoms in total. The second-order valence-electron chi connectivity index (χ2n) is 3.21. The maximum atomic E-state index is 10.5. The van der Waals surface area contributed by atoms with E-state index in [1.807, 2.05) is 0 Å². The number of thioether (sulfide) groups is 1. The Hall–Kier alpha value is 1.22. The van der Waals surface area contributed by atoms with E-state index >= 15 is 0 Å². The van der Waals surface area contributed by atoms with Crippen molar-refractivity contribution < 1.29 is 13.0 Å². The molecule has 1 saturated heterocycles. The first-order valence-electron chi connectivity index (χ1n) is 4.40. The molecule has 0 radical (unpaired) electrons. The summed E-state index contributed by atoms with van der Waals surface area (Å²) in [6.45, 7) is 0. The number of hydrogen-bond donors (Lipinski definition) is 2. The van der Waals surface area contributed by atoms with Gasteiger partial charge in [-0.25, -0.2) is 0 Å². The van der Waals surface area contributed by atoms with Crippen LogP contribution in [0.4, 0.5) is 0 Å². The number of rotatable bonds is 2. The Morgan fingerprint density at radius 1 is 1.29 bits per heavy atom. The Bertz CT molecular complexity index is 237. The fourth-order valence-corrected chi connectivity index (χ4v) is 3.22. The van der Waals surface area contributed by atoms with E-state index in [-0.39, 0.29) is 35.6 Å². The van der Waals surface area contributed by atoms with Crippen LogP contribution >= 0.6 is 11.8 Å². The molecule has 1 aliphatic rings. The van der Waals surface area contributed by atoms with Crippen LogP contribution in [0.15, 0.2) is 0 Å². The van der Waals surface area contributed by atoms with Crippen LogP contribution < -0.4 is 4.72 Å². The summed E-state index contributed by atoms with van der Waals surface area (Å²) in [7, 11) is -4.02. The van der Waals surface area contributed by atoms with Crippen LogP contribution in [0.1, 0.15) is 25.7 Å². The van der Waals surface area contributed by atoms with Gasteiger partial charge in [0.1, 0.15) is 0 Å². The zero-order valence-corrected chi connectivity index (χ0v) is 9.03. The van der Waals surface area contributed by atoms with Gasteiger partial charge in [-0.1, -0.05) is 12.8 Å². The van der Waals surface area contributed by atoms with Crippen molar-refractivity contribution in [3.8, 4) is 0 Å². The van der Waals surface area contributed by atoms with Crippen molar-refractivity contribution in [2.24, 2.45) is 0 Å². The molecule has 0 spiro atoms. The first-order chi connectivity index (χ1) is 6.08. The zero-order valence-electron chi connectivity index (χ0n) is 7.40. The van der Waals surface area contributed by atoms with Gasteiger partial charge in [-0.05, 0) is 18.6 Å². The molecule has 1 aliphatic heterocycles. The van der Waals surface area contributed by atoms with Crippen molar-refractivity contribution in [2.45, 2.75) is 31.7 Å². The normalized spacial score (nSPS) is 24.5. The number of nitrogens with one attached hydrogen (secondary N) is 1. The van der Waals surface area contributed by atoms with Gasteiger partial charge in [0.05, 0.1) is 0 Å². The third-order valence-electron chi connectivity index (χ3n) is 1.98.